The zero-order valence-corrected chi connectivity index (χ0v) is 9.63. The molecule has 16 heavy (non-hydrogen) atoms. The number of rotatable bonds is 2. The normalized spacial score (nSPS) is 40.8. The zero-order valence-electron chi connectivity index (χ0n) is 8.81. The first-order chi connectivity index (χ1) is 7.57. The lowest BCUT2D eigenvalue weighted by atomic mass is 10.0. The van der Waals surface area contributed by atoms with Gasteiger partial charge in [0.25, 0.3) is 0 Å². The molecule has 0 aromatic heterocycles. The van der Waals surface area contributed by atoms with E-state index in [0.717, 1.165) is 5.75 Å². The summed E-state index contributed by atoms with van der Waals surface area (Å²) >= 11 is 1.52. The molecule has 0 aromatic rings. The van der Waals surface area contributed by atoms with E-state index in [4.69, 9.17) is 0 Å². The third kappa shape index (κ3) is 1.72. The molecule has 2 aliphatic rings. The van der Waals surface area contributed by atoms with E-state index in [1.165, 1.54) is 18.9 Å². The Kier molecular flexibility index (Phi) is 3.41. The summed E-state index contributed by atoms with van der Waals surface area (Å²) in [6.07, 6.45) is -3.47. The fourth-order valence-electron chi connectivity index (χ4n) is 2.31. The van der Waals surface area contributed by atoms with Crippen LogP contribution in [0.5, 0.6) is 0 Å². The molecule has 92 valence electrons. The van der Waals surface area contributed by atoms with Gasteiger partial charge >= 0.3 is 5.97 Å². The first-order valence-electron chi connectivity index (χ1n) is 5.07. The lowest BCUT2D eigenvalue weighted by molar-refractivity contribution is -0.156. The van der Waals surface area contributed by atoms with Crippen LogP contribution in [0.1, 0.15) is 0 Å². The SMILES string of the molecule is COC(=O)[C@H](O)[C@H]1[C@H](O)[C@@H](O)[C@@H]2SCCN12. The van der Waals surface area contributed by atoms with Crippen LogP contribution in [0.4, 0.5) is 0 Å². The maximum Gasteiger partial charge on any atom is 0.336 e. The van der Waals surface area contributed by atoms with E-state index in [1.54, 1.807) is 4.90 Å². The molecule has 3 N–H and O–H groups in total. The van der Waals surface area contributed by atoms with Crippen LogP contribution in [0.2, 0.25) is 0 Å². The van der Waals surface area contributed by atoms with Crippen molar-refractivity contribution >= 4 is 17.7 Å². The fraction of sp³-hybridized carbons (Fsp3) is 0.889. The summed E-state index contributed by atoms with van der Waals surface area (Å²) in [6, 6.07) is -0.776. The van der Waals surface area contributed by atoms with Crippen LogP contribution < -0.4 is 0 Å². The highest BCUT2D eigenvalue weighted by Crippen LogP contribution is 2.38. The molecule has 2 saturated heterocycles. The van der Waals surface area contributed by atoms with Gasteiger partial charge in [0.05, 0.1) is 18.5 Å². The lowest BCUT2D eigenvalue weighted by Crippen LogP contribution is -2.49. The van der Waals surface area contributed by atoms with Gasteiger partial charge in [-0.25, -0.2) is 4.79 Å². The quantitative estimate of drug-likeness (QED) is 0.488. The molecule has 0 saturated carbocycles. The van der Waals surface area contributed by atoms with E-state index in [2.05, 4.69) is 4.74 Å². The second-order valence-corrected chi connectivity index (χ2v) is 5.16. The first kappa shape index (κ1) is 12.1. The molecule has 2 heterocycles. The van der Waals surface area contributed by atoms with Gasteiger partial charge in [0, 0.05) is 12.3 Å². The highest BCUT2D eigenvalue weighted by molar-refractivity contribution is 8.00. The number of carbonyl (C=O) groups is 1. The summed E-state index contributed by atoms with van der Waals surface area (Å²) in [4.78, 5) is 13.0. The molecule has 0 aromatic carbocycles. The predicted octanol–water partition coefficient (Wildman–Crippen LogP) is -2.00. The van der Waals surface area contributed by atoms with E-state index >= 15 is 0 Å². The smallest absolute Gasteiger partial charge is 0.336 e. The average Bonchev–Trinajstić information content (AvgIpc) is 2.82. The maximum atomic E-state index is 11.2. The largest absolute Gasteiger partial charge is 0.467 e. The number of hydrogen-bond acceptors (Lipinski definition) is 7. The summed E-state index contributed by atoms with van der Waals surface area (Å²) < 4.78 is 4.44. The standard InChI is InChI=1S/C9H15NO5S/c1-15-9(14)6(12)4-5(11)7(13)8-10(4)2-3-16-8/h4-8,11-13H,2-3H2,1H3/t4-,5+,6-,7-,8+/m1/s1. The van der Waals surface area contributed by atoms with Gasteiger partial charge < -0.3 is 20.1 Å². The summed E-state index contributed by atoms with van der Waals surface area (Å²) in [5.74, 6) is 0.0348. The molecule has 0 amide bonds. The molecular weight excluding hydrogens is 234 g/mol. The Bertz CT molecular complexity index is 289. The van der Waals surface area contributed by atoms with Gasteiger partial charge in [0.1, 0.15) is 12.2 Å². The third-order valence-corrected chi connectivity index (χ3v) is 4.42. The highest BCUT2D eigenvalue weighted by Gasteiger charge is 2.54. The number of hydrogen-bond donors (Lipinski definition) is 3. The van der Waals surface area contributed by atoms with Gasteiger partial charge in [0.2, 0.25) is 0 Å². The Morgan fingerprint density at radius 3 is 2.81 bits per heavy atom. The lowest BCUT2D eigenvalue weighted by Gasteiger charge is -2.26. The Hall–Kier alpha value is -0.340. The maximum absolute atomic E-state index is 11.2. The van der Waals surface area contributed by atoms with Gasteiger partial charge in [0.15, 0.2) is 6.10 Å². The van der Waals surface area contributed by atoms with Crippen LogP contribution in [0.25, 0.3) is 0 Å². The van der Waals surface area contributed by atoms with Crippen molar-refractivity contribution in [3.63, 3.8) is 0 Å². The van der Waals surface area contributed by atoms with Crippen molar-refractivity contribution in [2.45, 2.75) is 29.7 Å². The minimum absolute atomic E-state index is 0.237. The van der Waals surface area contributed by atoms with Crippen LogP contribution in [-0.2, 0) is 9.53 Å². The van der Waals surface area contributed by atoms with Crippen molar-refractivity contribution in [3.8, 4) is 0 Å². The van der Waals surface area contributed by atoms with Crippen LogP contribution in [0.15, 0.2) is 0 Å². The Morgan fingerprint density at radius 1 is 1.50 bits per heavy atom. The van der Waals surface area contributed by atoms with Crippen molar-refractivity contribution in [1.82, 2.24) is 4.90 Å². The number of ether oxygens (including phenoxy) is 1. The van der Waals surface area contributed by atoms with Crippen molar-refractivity contribution in [1.29, 1.82) is 0 Å². The summed E-state index contributed by atoms with van der Waals surface area (Å²) in [7, 11) is 1.18. The van der Waals surface area contributed by atoms with Gasteiger partial charge in [-0.15, -0.1) is 11.8 Å². The van der Waals surface area contributed by atoms with E-state index in [1.807, 2.05) is 0 Å². The molecule has 2 aliphatic heterocycles. The van der Waals surface area contributed by atoms with E-state index in [0.29, 0.717) is 6.54 Å². The third-order valence-electron chi connectivity index (χ3n) is 3.11. The number of methoxy groups -OCH3 is 1. The Balaban J connectivity index is 2.16. The van der Waals surface area contributed by atoms with Gasteiger partial charge in [-0.1, -0.05) is 0 Å². The van der Waals surface area contributed by atoms with Gasteiger partial charge in [-0.05, 0) is 0 Å². The topological polar surface area (TPSA) is 90.2 Å². The molecule has 0 unspecified atom stereocenters. The van der Waals surface area contributed by atoms with Crippen LogP contribution in [0.3, 0.4) is 0 Å². The van der Waals surface area contributed by atoms with Crippen molar-refractivity contribution in [2.75, 3.05) is 19.4 Å². The number of fused-ring (bicyclic) bond motifs is 1. The van der Waals surface area contributed by atoms with Crippen molar-refractivity contribution in [3.05, 3.63) is 0 Å². The summed E-state index contributed by atoms with van der Waals surface area (Å²) in [5, 5.41) is 29.1. The van der Waals surface area contributed by atoms with E-state index in [-0.39, 0.29) is 5.37 Å². The first-order valence-corrected chi connectivity index (χ1v) is 6.12. The molecule has 2 rings (SSSR count). The molecule has 5 atom stereocenters. The molecular formula is C9H15NO5S. The number of esters is 1. The molecule has 6 nitrogen and oxygen atoms in total. The molecule has 7 heteroatoms. The zero-order chi connectivity index (χ0) is 11.9. The summed E-state index contributed by atoms with van der Waals surface area (Å²) in [6.45, 7) is 0.641. The van der Waals surface area contributed by atoms with E-state index in [9.17, 15) is 20.1 Å². The van der Waals surface area contributed by atoms with Crippen molar-refractivity contribution < 1.29 is 24.9 Å². The molecule has 2 fully saturated rings. The minimum Gasteiger partial charge on any atom is -0.467 e. The monoisotopic (exact) mass is 249 g/mol. The molecule has 0 spiro atoms. The number of carbonyl (C=O) groups excluding carboxylic acids is 1. The average molecular weight is 249 g/mol. The van der Waals surface area contributed by atoms with Crippen molar-refractivity contribution in [2.24, 2.45) is 0 Å². The number of aliphatic hydroxyl groups excluding tert-OH is 3. The summed E-state index contributed by atoms with van der Waals surface area (Å²) in [5.41, 5.74) is 0. The Morgan fingerprint density at radius 2 is 2.19 bits per heavy atom. The number of nitrogens with zero attached hydrogens (tertiary/aromatic N) is 1. The fourth-order valence-corrected chi connectivity index (χ4v) is 3.66. The minimum atomic E-state index is -1.42. The number of aliphatic hydroxyl groups is 3. The predicted molar refractivity (Wildman–Crippen MR) is 56.8 cm³/mol. The van der Waals surface area contributed by atoms with Gasteiger partial charge in [-0.3, -0.25) is 4.90 Å². The van der Waals surface area contributed by atoms with Crippen LogP contribution in [0, 0.1) is 0 Å². The second kappa shape index (κ2) is 4.50. The molecule has 0 radical (unpaired) electrons. The molecule has 0 aliphatic carbocycles. The van der Waals surface area contributed by atoms with E-state index < -0.39 is 30.3 Å². The van der Waals surface area contributed by atoms with Crippen LogP contribution >= 0.6 is 11.8 Å². The molecule has 0 bridgehead atoms. The highest BCUT2D eigenvalue weighted by atomic mass is 32.2. The Labute approximate surface area is 97.2 Å². The van der Waals surface area contributed by atoms with Crippen LogP contribution in [-0.4, -0.2) is 75.3 Å². The number of thioether (sulfide) groups is 1. The van der Waals surface area contributed by atoms with Gasteiger partial charge in [-0.2, -0.15) is 0 Å². The second-order valence-electron chi connectivity index (χ2n) is 3.94.